The minimum Gasteiger partial charge on any atom is -0.378 e. The van der Waals surface area contributed by atoms with Crippen LogP contribution in [0.25, 0.3) is 0 Å². The Hall–Kier alpha value is -0.380. The fourth-order valence-corrected chi connectivity index (χ4v) is 1.83. The molecular weight excluding hydrogens is 216 g/mol. The summed E-state index contributed by atoms with van der Waals surface area (Å²) in [7, 11) is 0. The number of hydrogen-bond acceptors (Lipinski definition) is 3. The maximum atomic E-state index is 5.84. The predicted molar refractivity (Wildman–Crippen MR) is 69.2 cm³/mol. The minimum absolute atomic E-state index is 0.243. The van der Waals surface area contributed by atoms with E-state index in [9.17, 15) is 0 Å². The Bertz CT molecular complexity index is 206. The summed E-state index contributed by atoms with van der Waals surface area (Å²) < 4.78 is 16.9. The predicted octanol–water partition coefficient (Wildman–Crippen LogP) is 2.80. The molecule has 1 aliphatic heterocycles. The van der Waals surface area contributed by atoms with Crippen LogP contribution >= 0.6 is 0 Å². The van der Waals surface area contributed by atoms with Crippen molar-refractivity contribution in [2.24, 2.45) is 5.92 Å². The van der Waals surface area contributed by atoms with Gasteiger partial charge in [0, 0.05) is 6.61 Å². The molecule has 0 spiro atoms. The van der Waals surface area contributed by atoms with Crippen LogP contribution in [-0.4, -0.2) is 38.6 Å². The normalized spacial score (nSPS) is 26.0. The maximum absolute atomic E-state index is 5.84. The third kappa shape index (κ3) is 6.20. The Balaban J connectivity index is 2.03. The van der Waals surface area contributed by atoms with Crippen molar-refractivity contribution in [3.63, 3.8) is 0 Å². The van der Waals surface area contributed by atoms with Crippen molar-refractivity contribution < 1.29 is 14.2 Å². The van der Waals surface area contributed by atoms with Crippen molar-refractivity contribution >= 4 is 0 Å². The van der Waals surface area contributed by atoms with Crippen LogP contribution in [0.15, 0.2) is 12.7 Å². The van der Waals surface area contributed by atoms with Crippen LogP contribution in [0.1, 0.15) is 33.1 Å². The standard InChI is InChI=1S/C14H26O3/c1-4-8-15-10-13-6-7-14(17-13)11-16-9-12(3)5-2/h4,12-14H,1,5-11H2,2-3H3/t12?,13-,14+/m1/s1. The molecular formula is C14H26O3. The Morgan fingerprint density at radius 1 is 1.29 bits per heavy atom. The van der Waals surface area contributed by atoms with Crippen LogP contribution in [0.3, 0.4) is 0 Å². The summed E-state index contributed by atoms with van der Waals surface area (Å²) in [6, 6.07) is 0. The summed E-state index contributed by atoms with van der Waals surface area (Å²) in [6.07, 6.45) is 5.60. The molecule has 1 heterocycles. The van der Waals surface area contributed by atoms with E-state index < -0.39 is 0 Å². The quantitative estimate of drug-likeness (QED) is 0.459. The van der Waals surface area contributed by atoms with E-state index >= 15 is 0 Å². The summed E-state index contributed by atoms with van der Waals surface area (Å²) in [6.45, 7) is 10.9. The molecule has 0 amide bonds. The van der Waals surface area contributed by atoms with Gasteiger partial charge in [0.05, 0.1) is 32.0 Å². The fraction of sp³-hybridized carbons (Fsp3) is 0.857. The molecule has 3 atom stereocenters. The van der Waals surface area contributed by atoms with Gasteiger partial charge in [-0.05, 0) is 18.8 Å². The van der Waals surface area contributed by atoms with E-state index in [1.54, 1.807) is 6.08 Å². The molecule has 100 valence electrons. The molecule has 0 aromatic heterocycles. The molecule has 3 nitrogen and oxygen atoms in total. The SMILES string of the molecule is C=CCOC[C@H]1CC[C@@H](COCC(C)CC)O1. The molecule has 0 bridgehead atoms. The minimum atomic E-state index is 0.243. The number of rotatable bonds is 9. The molecule has 1 fully saturated rings. The Morgan fingerprint density at radius 2 is 1.94 bits per heavy atom. The van der Waals surface area contributed by atoms with Gasteiger partial charge < -0.3 is 14.2 Å². The first kappa shape index (κ1) is 14.7. The average molecular weight is 242 g/mol. The van der Waals surface area contributed by atoms with E-state index in [2.05, 4.69) is 20.4 Å². The highest BCUT2D eigenvalue weighted by Gasteiger charge is 2.25. The van der Waals surface area contributed by atoms with Crippen molar-refractivity contribution in [3.8, 4) is 0 Å². The highest BCUT2D eigenvalue weighted by molar-refractivity contribution is 4.74. The lowest BCUT2D eigenvalue weighted by atomic mass is 10.1. The van der Waals surface area contributed by atoms with Crippen LogP contribution < -0.4 is 0 Å². The van der Waals surface area contributed by atoms with E-state index in [-0.39, 0.29) is 12.2 Å². The summed E-state index contributed by atoms with van der Waals surface area (Å²) in [5, 5.41) is 0. The van der Waals surface area contributed by atoms with Crippen molar-refractivity contribution in [3.05, 3.63) is 12.7 Å². The molecule has 17 heavy (non-hydrogen) atoms. The van der Waals surface area contributed by atoms with Crippen molar-refractivity contribution in [2.45, 2.75) is 45.3 Å². The molecule has 1 aliphatic rings. The highest BCUT2D eigenvalue weighted by Crippen LogP contribution is 2.20. The van der Waals surface area contributed by atoms with Gasteiger partial charge in [-0.3, -0.25) is 0 Å². The van der Waals surface area contributed by atoms with Gasteiger partial charge in [-0.1, -0.05) is 26.3 Å². The summed E-state index contributed by atoms with van der Waals surface area (Å²) in [5.74, 6) is 0.642. The number of ether oxygens (including phenoxy) is 3. The second kappa shape index (κ2) is 8.67. The first-order chi connectivity index (χ1) is 8.26. The first-order valence-electron chi connectivity index (χ1n) is 6.68. The highest BCUT2D eigenvalue weighted by atomic mass is 16.6. The van der Waals surface area contributed by atoms with Crippen molar-refractivity contribution in [1.29, 1.82) is 0 Å². The van der Waals surface area contributed by atoms with Crippen LogP contribution in [-0.2, 0) is 14.2 Å². The van der Waals surface area contributed by atoms with Gasteiger partial charge in [-0.15, -0.1) is 6.58 Å². The third-order valence-electron chi connectivity index (χ3n) is 3.14. The van der Waals surface area contributed by atoms with Crippen LogP contribution in [0.2, 0.25) is 0 Å². The van der Waals surface area contributed by atoms with Gasteiger partial charge in [-0.25, -0.2) is 0 Å². The largest absolute Gasteiger partial charge is 0.378 e. The maximum Gasteiger partial charge on any atom is 0.0814 e. The smallest absolute Gasteiger partial charge is 0.0814 e. The molecule has 0 aliphatic carbocycles. The van der Waals surface area contributed by atoms with E-state index in [0.717, 1.165) is 26.1 Å². The summed E-state index contributed by atoms with van der Waals surface area (Å²) in [5.41, 5.74) is 0. The molecule has 0 radical (unpaired) electrons. The van der Waals surface area contributed by atoms with Gasteiger partial charge in [0.2, 0.25) is 0 Å². The zero-order chi connectivity index (χ0) is 12.5. The van der Waals surface area contributed by atoms with Gasteiger partial charge in [-0.2, -0.15) is 0 Å². The molecule has 0 N–H and O–H groups in total. The van der Waals surface area contributed by atoms with Gasteiger partial charge in [0.15, 0.2) is 0 Å². The van der Waals surface area contributed by atoms with Gasteiger partial charge >= 0.3 is 0 Å². The summed E-state index contributed by atoms with van der Waals surface area (Å²) >= 11 is 0. The molecule has 1 saturated heterocycles. The Morgan fingerprint density at radius 3 is 2.53 bits per heavy atom. The van der Waals surface area contributed by atoms with Gasteiger partial charge in [0.1, 0.15) is 0 Å². The summed E-state index contributed by atoms with van der Waals surface area (Å²) in [4.78, 5) is 0. The molecule has 1 rings (SSSR count). The van der Waals surface area contributed by atoms with Crippen LogP contribution in [0.4, 0.5) is 0 Å². The van der Waals surface area contributed by atoms with E-state index in [1.165, 1.54) is 6.42 Å². The fourth-order valence-electron chi connectivity index (χ4n) is 1.83. The van der Waals surface area contributed by atoms with Crippen molar-refractivity contribution in [1.82, 2.24) is 0 Å². The monoisotopic (exact) mass is 242 g/mol. The zero-order valence-corrected chi connectivity index (χ0v) is 11.2. The second-order valence-corrected chi connectivity index (χ2v) is 4.83. The van der Waals surface area contributed by atoms with E-state index in [4.69, 9.17) is 14.2 Å². The second-order valence-electron chi connectivity index (χ2n) is 4.83. The van der Waals surface area contributed by atoms with E-state index in [1.807, 2.05) is 0 Å². The lowest BCUT2D eigenvalue weighted by Crippen LogP contribution is -2.21. The molecule has 0 saturated carbocycles. The lowest BCUT2D eigenvalue weighted by molar-refractivity contribution is -0.0460. The topological polar surface area (TPSA) is 27.7 Å². The Kier molecular flexibility index (Phi) is 7.49. The molecule has 3 heteroatoms. The molecule has 0 aromatic rings. The van der Waals surface area contributed by atoms with E-state index in [0.29, 0.717) is 19.1 Å². The van der Waals surface area contributed by atoms with Gasteiger partial charge in [0.25, 0.3) is 0 Å². The molecule has 1 unspecified atom stereocenters. The number of hydrogen-bond donors (Lipinski definition) is 0. The lowest BCUT2D eigenvalue weighted by Gasteiger charge is -2.15. The first-order valence-corrected chi connectivity index (χ1v) is 6.68. The van der Waals surface area contributed by atoms with Crippen LogP contribution in [0, 0.1) is 5.92 Å². The van der Waals surface area contributed by atoms with Crippen LogP contribution in [0.5, 0.6) is 0 Å². The van der Waals surface area contributed by atoms with Crippen molar-refractivity contribution in [2.75, 3.05) is 26.4 Å². The average Bonchev–Trinajstić information content (AvgIpc) is 2.77. The third-order valence-corrected chi connectivity index (χ3v) is 3.14. The Labute approximate surface area is 105 Å². The zero-order valence-electron chi connectivity index (χ0n) is 11.2. The molecule has 0 aromatic carbocycles.